The van der Waals surface area contributed by atoms with E-state index >= 15 is 0 Å². The Kier molecular flexibility index (Phi) is 9.43. The smallest absolute Gasteiger partial charge is 0.191 e. The summed E-state index contributed by atoms with van der Waals surface area (Å²) in [5.74, 6) is 0.374. The Morgan fingerprint density at radius 3 is 2.78 bits per heavy atom. The highest BCUT2D eigenvalue weighted by molar-refractivity contribution is 14.0. The number of aromatic nitrogens is 1. The fourth-order valence-electron chi connectivity index (χ4n) is 3.17. The molecule has 1 atom stereocenters. The third kappa shape index (κ3) is 6.39. The number of pyridine rings is 1. The van der Waals surface area contributed by atoms with Crippen LogP contribution in [0.15, 0.2) is 40.8 Å². The lowest BCUT2D eigenvalue weighted by atomic mass is 10.2. The molecular weight excluding hydrogens is 476 g/mol. The Bertz CT molecular complexity index is 704. The molecule has 8 heteroatoms. The van der Waals surface area contributed by atoms with E-state index in [1.807, 2.05) is 6.92 Å². The van der Waals surface area contributed by atoms with Crippen molar-refractivity contribution in [1.29, 1.82) is 0 Å². The molecule has 1 fully saturated rings. The summed E-state index contributed by atoms with van der Waals surface area (Å²) in [5.41, 5.74) is 0.360. The molecule has 0 aromatic carbocycles. The van der Waals surface area contributed by atoms with Gasteiger partial charge in [0.2, 0.25) is 0 Å². The summed E-state index contributed by atoms with van der Waals surface area (Å²) in [7, 11) is 0. The quantitative estimate of drug-likeness (QED) is 0.343. The van der Waals surface area contributed by atoms with E-state index in [1.54, 1.807) is 23.6 Å². The molecule has 2 aromatic heterocycles. The number of thiophene rings is 1. The van der Waals surface area contributed by atoms with Gasteiger partial charge in [0.15, 0.2) is 5.96 Å². The van der Waals surface area contributed by atoms with Crippen molar-refractivity contribution in [2.24, 2.45) is 4.99 Å². The number of halogens is 2. The largest absolute Gasteiger partial charge is 0.357 e. The van der Waals surface area contributed by atoms with E-state index < -0.39 is 0 Å². The molecule has 1 aliphatic heterocycles. The highest BCUT2D eigenvalue weighted by Crippen LogP contribution is 2.27. The molecule has 5 nitrogen and oxygen atoms in total. The van der Waals surface area contributed by atoms with Gasteiger partial charge in [-0.05, 0) is 56.4 Å². The highest BCUT2D eigenvalue weighted by Gasteiger charge is 2.24. The first-order valence-corrected chi connectivity index (χ1v) is 10.0. The van der Waals surface area contributed by atoms with Gasteiger partial charge in [-0.1, -0.05) is 6.07 Å². The number of nitrogens with one attached hydrogen (secondary N) is 2. The van der Waals surface area contributed by atoms with Crippen molar-refractivity contribution in [2.45, 2.75) is 32.4 Å². The maximum Gasteiger partial charge on any atom is 0.191 e. The number of likely N-dealkylation sites (tertiary alicyclic amines) is 1. The van der Waals surface area contributed by atoms with Crippen LogP contribution in [-0.4, -0.2) is 42.0 Å². The fraction of sp³-hybridized carbons (Fsp3) is 0.474. The molecule has 0 saturated carbocycles. The minimum absolute atomic E-state index is 0. The number of hydrogen-bond donors (Lipinski definition) is 2. The Balaban J connectivity index is 0.00000261. The average Bonchev–Trinajstić information content (AvgIpc) is 3.35. The molecule has 1 aliphatic rings. The van der Waals surface area contributed by atoms with E-state index in [0.29, 0.717) is 17.7 Å². The van der Waals surface area contributed by atoms with Gasteiger partial charge in [-0.3, -0.25) is 9.88 Å². The fourth-order valence-corrected chi connectivity index (χ4v) is 4.03. The molecule has 0 amide bonds. The van der Waals surface area contributed by atoms with E-state index in [-0.39, 0.29) is 36.3 Å². The Labute approximate surface area is 181 Å². The van der Waals surface area contributed by atoms with Gasteiger partial charge in [-0.25, -0.2) is 9.38 Å². The van der Waals surface area contributed by atoms with Crippen molar-refractivity contribution in [3.63, 3.8) is 0 Å². The summed E-state index contributed by atoms with van der Waals surface area (Å²) in [6.45, 7) is 6.04. The van der Waals surface area contributed by atoms with Gasteiger partial charge in [0.05, 0.1) is 18.3 Å². The van der Waals surface area contributed by atoms with Gasteiger partial charge < -0.3 is 10.6 Å². The van der Waals surface area contributed by atoms with Gasteiger partial charge >= 0.3 is 0 Å². The van der Waals surface area contributed by atoms with Crippen LogP contribution in [0.3, 0.4) is 0 Å². The molecule has 2 aromatic rings. The lowest BCUT2D eigenvalue weighted by molar-refractivity contribution is 0.249. The predicted octanol–water partition coefficient (Wildman–Crippen LogP) is 3.79. The molecule has 0 radical (unpaired) electrons. The second-order valence-corrected chi connectivity index (χ2v) is 7.26. The molecule has 1 saturated heterocycles. The Morgan fingerprint density at radius 2 is 2.11 bits per heavy atom. The van der Waals surface area contributed by atoms with Crippen molar-refractivity contribution >= 4 is 41.3 Å². The molecular formula is C19H27FIN5S. The van der Waals surface area contributed by atoms with Crippen molar-refractivity contribution in [2.75, 3.05) is 26.2 Å². The van der Waals surface area contributed by atoms with Crippen molar-refractivity contribution in [3.05, 3.63) is 52.2 Å². The molecule has 27 heavy (non-hydrogen) atoms. The summed E-state index contributed by atoms with van der Waals surface area (Å²) in [5, 5.41) is 8.79. The summed E-state index contributed by atoms with van der Waals surface area (Å²) in [6.07, 6.45) is 4.11. The van der Waals surface area contributed by atoms with E-state index in [1.165, 1.54) is 23.8 Å². The van der Waals surface area contributed by atoms with Crippen LogP contribution in [0.2, 0.25) is 0 Å². The predicted molar refractivity (Wildman–Crippen MR) is 120 cm³/mol. The molecule has 0 bridgehead atoms. The molecule has 2 N–H and O–H groups in total. The second kappa shape index (κ2) is 11.6. The monoisotopic (exact) mass is 503 g/mol. The zero-order valence-electron chi connectivity index (χ0n) is 15.5. The number of rotatable bonds is 7. The molecule has 0 spiro atoms. The molecule has 3 heterocycles. The van der Waals surface area contributed by atoms with Crippen LogP contribution in [0, 0.1) is 5.82 Å². The summed E-state index contributed by atoms with van der Waals surface area (Å²) >= 11 is 1.79. The first kappa shape index (κ1) is 22.0. The number of nitrogens with zero attached hydrogens (tertiary/aromatic N) is 3. The minimum atomic E-state index is -0.319. The first-order valence-electron chi connectivity index (χ1n) is 9.17. The summed E-state index contributed by atoms with van der Waals surface area (Å²) in [4.78, 5) is 12.5. The number of guanidine groups is 1. The van der Waals surface area contributed by atoms with Crippen molar-refractivity contribution in [1.82, 2.24) is 20.5 Å². The molecule has 148 valence electrons. The normalized spacial score (nSPS) is 16.0. The second-order valence-electron chi connectivity index (χ2n) is 6.28. The van der Waals surface area contributed by atoms with Crippen molar-refractivity contribution < 1.29 is 4.39 Å². The van der Waals surface area contributed by atoms with Gasteiger partial charge in [0.25, 0.3) is 0 Å². The van der Waals surface area contributed by atoms with Crippen LogP contribution in [0.5, 0.6) is 0 Å². The first-order chi connectivity index (χ1) is 12.8. The topological polar surface area (TPSA) is 52.6 Å². The molecule has 3 rings (SSSR count). The Hall–Kier alpha value is -1.26. The summed E-state index contributed by atoms with van der Waals surface area (Å²) in [6, 6.07) is 7.65. The van der Waals surface area contributed by atoms with Crippen LogP contribution >= 0.6 is 35.3 Å². The van der Waals surface area contributed by atoms with E-state index in [0.717, 1.165) is 26.2 Å². The van der Waals surface area contributed by atoms with Crippen molar-refractivity contribution in [3.8, 4) is 0 Å². The number of aliphatic imine (C=N–C) groups is 1. The summed E-state index contributed by atoms with van der Waals surface area (Å²) < 4.78 is 13.8. The highest BCUT2D eigenvalue weighted by atomic mass is 127. The zero-order chi connectivity index (χ0) is 18.2. The van der Waals surface area contributed by atoms with Crippen LogP contribution in [0.1, 0.15) is 36.4 Å². The number of hydrogen-bond acceptors (Lipinski definition) is 4. The third-order valence-corrected chi connectivity index (χ3v) is 5.46. The molecule has 1 unspecified atom stereocenters. The van der Waals surface area contributed by atoms with Gasteiger partial charge in [0.1, 0.15) is 5.82 Å². The average molecular weight is 503 g/mol. The Morgan fingerprint density at radius 1 is 1.30 bits per heavy atom. The third-order valence-electron chi connectivity index (χ3n) is 4.48. The SMILES string of the molecule is CCNC(=NCc1ncccc1F)NCC(c1cccs1)N1CCCC1.I. The standard InChI is InChI=1S/C19H26FN5S.HI/c1-2-21-19(23-13-16-15(20)7-5-9-22-16)24-14-17(18-8-6-12-26-18)25-10-3-4-11-25;/h5-9,12,17H,2-4,10-11,13-14H2,1H3,(H2,21,23,24);1H. The molecule has 0 aliphatic carbocycles. The van der Waals surface area contributed by atoms with Crippen LogP contribution in [0.4, 0.5) is 4.39 Å². The van der Waals surface area contributed by atoms with E-state index in [2.05, 4.69) is 43.0 Å². The lowest BCUT2D eigenvalue weighted by Gasteiger charge is -2.27. The van der Waals surface area contributed by atoms with E-state index in [9.17, 15) is 4.39 Å². The van der Waals surface area contributed by atoms with Gasteiger partial charge in [-0.2, -0.15) is 0 Å². The van der Waals surface area contributed by atoms with E-state index in [4.69, 9.17) is 0 Å². The van der Waals surface area contributed by atoms with Crippen LogP contribution in [-0.2, 0) is 6.54 Å². The van der Waals surface area contributed by atoms with Crippen LogP contribution in [0.25, 0.3) is 0 Å². The van der Waals surface area contributed by atoms with Crippen LogP contribution < -0.4 is 10.6 Å². The maximum absolute atomic E-state index is 13.8. The zero-order valence-corrected chi connectivity index (χ0v) is 18.7. The van der Waals surface area contributed by atoms with Gasteiger partial charge in [0, 0.05) is 24.2 Å². The maximum atomic E-state index is 13.8. The lowest BCUT2D eigenvalue weighted by Crippen LogP contribution is -2.42. The van der Waals surface area contributed by atoms with Gasteiger partial charge in [-0.15, -0.1) is 35.3 Å². The minimum Gasteiger partial charge on any atom is -0.357 e.